The number of carboxylic acids is 1. The van der Waals surface area contributed by atoms with Crippen molar-refractivity contribution in [1.82, 2.24) is 16.0 Å². The second kappa shape index (κ2) is 13.8. The normalized spacial score (nSPS) is 13.8. The molecule has 0 aliphatic heterocycles. The highest BCUT2D eigenvalue weighted by Gasteiger charge is 2.26. The maximum atomic E-state index is 12.4. The lowest BCUT2D eigenvalue weighted by molar-refractivity contribution is -0.143. The lowest BCUT2D eigenvalue weighted by Gasteiger charge is -2.22. The molecular weight excluding hydrogens is 402 g/mol. The van der Waals surface area contributed by atoms with Crippen molar-refractivity contribution in [2.24, 2.45) is 17.4 Å². The van der Waals surface area contributed by atoms with Crippen molar-refractivity contribution >= 4 is 41.4 Å². The first-order chi connectivity index (χ1) is 13.5. The predicted molar refractivity (Wildman–Crippen MR) is 109 cm³/mol. The van der Waals surface area contributed by atoms with Crippen LogP contribution < -0.4 is 27.4 Å². The molecule has 0 spiro atoms. The van der Waals surface area contributed by atoms with Gasteiger partial charge in [0.25, 0.3) is 0 Å². The maximum absolute atomic E-state index is 12.4. The summed E-state index contributed by atoms with van der Waals surface area (Å²) in [6.07, 6.45) is 2.10. The molecule has 0 aliphatic rings. The zero-order valence-electron chi connectivity index (χ0n) is 16.9. The Morgan fingerprint density at radius 1 is 1.03 bits per heavy atom. The second-order valence-electron chi connectivity index (χ2n) is 6.93. The van der Waals surface area contributed by atoms with Crippen molar-refractivity contribution in [1.29, 1.82) is 0 Å². The number of thioether (sulfide) groups is 1. The molecule has 0 aliphatic carbocycles. The highest BCUT2D eigenvalue weighted by molar-refractivity contribution is 7.98. The lowest BCUT2D eigenvalue weighted by Crippen LogP contribution is -2.54. The predicted octanol–water partition coefficient (Wildman–Crippen LogP) is -1.84. The van der Waals surface area contributed by atoms with E-state index in [0.717, 1.165) is 0 Å². The number of rotatable bonds is 14. The molecule has 0 saturated carbocycles. The minimum atomic E-state index is -1.49. The van der Waals surface area contributed by atoms with Crippen LogP contribution in [0.1, 0.15) is 33.1 Å². The molecule has 0 bridgehead atoms. The molecule has 3 unspecified atom stereocenters. The van der Waals surface area contributed by atoms with Crippen molar-refractivity contribution in [2.45, 2.75) is 51.2 Å². The Bertz CT molecular complexity index is 601. The first-order valence-corrected chi connectivity index (χ1v) is 10.5. The zero-order chi connectivity index (χ0) is 22.6. The van der Waals surface area contributed by atoms with Gasteiger partial charge in [-0.1, -0.05) is 13.8 Å². The van der Waals surface area contributed by atoms with Crippen LogP contribution in [-0.4, -0.2) is 71.4 Å². The fourth-order valence-corrected chi connectivity index (χ4v) is 2.78. The summed E-state index contributed by atoms with van der Waals surface area (Å²) in [5, 5.41) is 16.0. The Labute approximate surface area is 174 Å². The molecule has 8 N–H and O–H groups in total. The largest absolute Gasteiger partial charge is 0.480 e. The highest BCUT2D eigenvalue weighted by Crippen LogP contribution is 2.06. The van der Waals surface area contributed by atoms with Gasteiger partial charge in [-0.15, -0.1) is 0 Å². The summed E-state index contributed by atoms with van der Waals surface area (Å²) in [6.45, 7) is 3.21. The van der Waals surface area contributed by atoms with Gasteiger partial charge in [0, 0.05) is 0 Å². The molecular formula is C17H31N5O6S. The van der Waals surface area contributed by atoms with E-state index < -0.39 is 60.7 Å². The highest BCUT2D eigenvalue weighted by atomic mass is 32.2. The topological polar surface area (TPSA) is 194 Å². The minimum Gasteiger partial charge on any atom is -0.480 e. The van der Waals surface area contributed by atoms with E-state index in [1.54, 1.807) is 11.8 Å². The average Bonchev–Trinajstić information content (AvgIpc) is 2.61. The van der Waals surface area contributed by atoms with Gasteiger partial charge in [-0.3, -0.25) is 19.2 Å². The van der Waals surface area contributed by atoms with Crippen LogP contribution in [0.15, 0.2) is 0 Å². The van der Waals surface area contributed by atoms with E-state index in [9.17, 15) is 24.0 Å². The van der Waals surface area contributed by atoms with Gasteiger partial charge in [0.1, 0.15) is 12.1 Å². The minimum absolute atomic E-state index is 0.0780. The number of carbonyl (C=O) groups excluding carboxylic acids is 4. The summed E-state index contributed by atoms with van der Waals surface area (Å²) in [7, 11) is 0. The second-order valence-corrected chi connectivity index (χ2v) is 7.91. The molecule has 11 nitrogen and oxygen atoms in total. The quantitative estimate of drug-likeness (QED) is 0.184. The summed E-state index contributed by atoms with van der Waals surface area (Å²) in [4.78, 5) is 58.4. The molecule has 0 aromatic carbocycles. The third kappa shape index (κ3) is 12.0. The van der Waals surface area contributed by atoms with Crippen LogP contribution in [0.25, 0.3) is 0 Å². The first-order valence-electron chi connectivity index (χ1n) is 9.10. The molecule has 0 saturated heterocycles. The number of carboxylic acid groups (broad SMARTS) is 1. The van der Waals surface area contributed by atoms with Crippen molar-refractivity contribution in [2.75, 3.05) is 18.6 Å². The first kappa shape index (κ1) is 26.7. The Kier molecular flexibility index (Phi) is 12.7. The van der Waals surface area contributed by atoms with Gasteiger partial charge in [-0.2, -0.15) is 11.8 Å². The molecule has 4 amide bonds. The number of aliphatic carboxylic acids is 1. The number of hydrogen-bond acceptors (Lipinski definition) is 7. The molecule has 3 atom stereocenters. The van der Waals surface area contributed by atoms with Gasteiger partial charge in [0.15, 0.2) is 0 Å². The van der Waals surface area contributed by atoms with Gasteiger partial charge >= 0.3 is 5.97 Å². The third-order valence-corrected chi connectivity index (χ3v) is 4.42. The van der Waals surface area contributed by atoms with Crippen LogP contribution >= 0.6 is 11.8 Å². The molecule has 166 valence electrons. The van der Waals surface area contributed by atoms with E-state index in [0.29, 0.717) is 18.6 Å². The van der Waals surface area contributed by atoms with Crippen molar-refractivity contribution in [3.8, 4) is 0 Å². The van der Waals surface area contributed by atoms with Crippen molar-refractivity contribution in [3.05, 3.63) is 0 Å². The smallest absolute Gasteiger partial charge is 0.326 e. The number of nitrogens with two attached hydrogens (primary N) is 2. The molecule has 29 heavy (non-hydrogen) atoms. The molecule has 0 fully saturated rings. The van der Waals surface area contributed by atoms with Crippen molar-refractivity contribution in [3.63, 3.8) is 0 Å². The van der Waals surface area contributed by atoms with E-state index >= 15 is 0 Å². The Morgan fingerprint density at radius 2 is 1.66 bits per heavy atom. The van der Waals surface area contributed by atoms with Crippen LogP contribution in [0.2, 0.25) is 0 Å². The Balaban J connectivity index is 4.80. The molecule has 0 aromatic heterocycles. The van der Waals surface area contributed by atoms with Gasteiger partial charge in [-0.05, 0) is 30.8 Å². The molecule has 0 radical (unpaired) electrons. The number of nitrogens with one attached hydrogen (secondary N) is 3. The fraction of sp³-hybridized carbons (Fsp3) is 0.706. The maximum Gasteiger partial charge on any atom is 0.326 e. The van der Waals surface area contributed by atoms with E-state index in [1.165, 1.54) is 0 Å². The van der Waals surface area contributed by atoms with E-state index in [4.69, 9.17) is 16.6 Å². The zero-order valence-corrected chi connectivity index (χ0v) is 17.7. The van der Waals surface area contributed by atoms with Crippen LogP contribution in [0.5, 0.6) is 0 Å². The van der Waals surface area contributed by atoms with Crippen LogP contribution in [-0.2, 0) is 24.0 Å². The monoisotopic (exact) mass is 433 g/mol. The number of carbonyl (C=O) groups is 5. The summed E-state index contributed by atoms with van der Waals surface area (Å²) in [6, 6.07) is -3.13. The summed E-state index contributed by atoms with van der Waals surface area (Å²) >= 11 is 1.55. The Hall–Kier alpha value is -2.34. The Morgan fingerprint density at radius 3 is 2.14 bits per heavy atom. The van der Waals surface area contributed by atoms with E-state index in [-0.39, 0.29) is 5.92 Å². The van der Waals surface area contributed by atoms with Crippen LogP contribution in [0, 0.1) is 5.92 Å². The van der Waals surface area contributed by atoms with Gasteiger partial charge < -0.3 is 32.5 Å². The number of hydrogen-bond donors (Lipinski definition) is 6. The van der Waals surface area contributed by atoms with Gasteiger partial charge in [0.2, 0.25) is 23.6 Å². The van der Waals surface area contributed by atoms with Crippen LogP contribution in [0.3, 0.4) is 0 Å². The van der Waals surface area contributed by atoms with Crippen LogP contribution in [0.4, 0.5) is 0 Å². The average molecular weight is 434 g/mol. The number of primary amides is 1. The van der Waals surface area contributed by atoms with E-state index in [1.807, 2.05) is 20.1 Å². The molecule has 12 heteroatoms. The van der Waals surface area contributed by atoms with Crippen molar-refractivity contribution < 1.29 is 29.1 Å². The summed E-state index contributed by atoms with van der Waals surface area (Å²) in [5.41, 5.74) is 10.8. The third-order valence-electron chi connectivity index (χ3n) is 3.77. The SMILES string of the molecule is CSCCC(N)C(=O)NC(CC(C)C)C(=O)NCC(=O)NC(CC(N)=O)C(=O)O. The molecule has 0 heterocycles. The van der Waals surface area contributed by atoms with Gasteiger partial charge in [0.05, 0.1) is 19.0 Å². The summed E-state index contributed by atoms with van der Waals surface area (Å²) in [5.74, 6) is -3.40. The standard InChI is InChI=1S/C17H31N5O6S/c1-9(2)6-11(22-15(25)10(18)4-5-29-3)16(26)20-8-14(24)21-12(17(27)28)7-13(19)23/h9-12H,4-8,18H2,1-3H3,(H2,19,23)(H,20,26)(H,21,24)(H,22,25)(H,27,28). The molecule has 0 rings (SSSR count). The van der Waals surface area contributed by atoms with E-state index in [2.05, 4.69) is 16.0 Å². The number of amides is 4. The molecule has 0 aromatic rings. The summed E-state index contributed by atoms with van der Waals surface area (Å²) < 4.78 is 0. The van der Waals surface area contributed by atoms with Gasteiger partial charge in [-0.25, -0.2) is 4.79 Å². The fourth-order valence-electron chi connectivity index (χ4n) is 2.29. The lowest BCUT2D eigenvalue weighted by atomic mass is 10.0.